The van der Waals surface area contributed by atoms with E-state index in [9.17, 15) is 151 Å². The number of unbranched alkanes of at least 4 members (excludes halogenated alkanes) is 25. The van der Waals surface area contributed by atoms with Crippen LogP contribution in [0.5, 0.6) is 0 Å². The predicted octanol–water partition coefficient (Wildman–Crippen LogP) is -6.31. The van der Waals surface area contributed by atoms with Crippen LogP contribution in [0.15, 0.2) is 12.2 Å². The van der Waals surface area contributed by atoms with E-state index in [0.29, 0.717) is 12.8 Å². The van der Waals surface area contributed by atoms with E-state index in [-0.39, 0.29) is 19.4 Å². The van der Waals surface area contributed by atoms with Crippen molar-refractivity contribution in [3.63, 3.8) is 0 Å². The van der Waals surface area contributed by atoms with E-state index in [1.165, 1.54) is 103 Å². The van der Waals surface area contributed by atoms with Crippen molar-refractivity contribution in [2.45, 2.75) is 477 Å². The Labute approximate surface area is 818 Å². The Kier molecular flexibility index (Phi) is 52.9. The van der Waals surface area contributed by atoms with Crippen molar-refractivity contribution in [3.8, 4) is 0 Å². The lowest BCUT2D eigenvalue weighted by atomic mass is 9.88. The third-order valence-corrected chi connectivity index (χ3v) is 26.8. The van der Waals surface area contributed by atoms with Crippen LogP contribution in [0.2, 0.25) is 0 Å². The predicted molar refractivity (Wildman–Crippen MR) is 482 cm³/mol. The number of aliphatic hydroxyl groups is 21. The second-order valence-electron chi connectivity index (χ2n) is 37.8. The number of allylic oxidation sites excluding steroid dienone is 1. The normalized spacial score (nSPS) is 36.6. The summed E-state index contributed by atoms with van der Waals surface area (Å²) in [6.07, 6.45) is -47.5. The molecule has 820 valence electrons. The Bertz CT molecular complexity index is 3660. The second kappa shape index (κ2) is 60.6. The molecule has 7 saturated heterocycles. The van der Waals surface area contributed by atoms with E-state index in [1.807, 2.05) is 0 Å². The number of nitrogens with one attached hydrogen (secondary N) is 2. The Morgan fingerprint density at radius 3 is 1.28 bits per heavy atom. The molecule has 0 spiro atoms. The highest BCUT2D eigenvalue weighted by atomic mass is 16.8. The smallest absolute Gasteiger partial charge is 0.364 e. The minimum Gasteiger partial charge on any atom is -0.477 e. The average Bonchev–Trinajstić information content (AvgIpc) is 0.748. The molecule has 7 heterocycles. The lowest BCUT2D eigenvalue weighted by Gasteiger charge is -2.53. The summed E-state index contributed by atoms with van der Waals surface area (Å²) in [5.74, 6) is -19.5. The fraction of sp³-hybridized carbons (Fsp3) is 0.912. The summed E-state index contributed by atoms with van der Waals surface area (Å²) in [7, 11) is 0. The van der Waals surface area contributed by atoms with Crippen molar-refractivity contribution >= 4 is 35.7 Å². The Morgan fingerprint density at radius 1 is 0.433 bits per heavy atom. The maximum Gasteiger partial charge on any atom is 0.364 e. The van der Waals surface area contributed by atoms with Crippen LogP contribution < -0.4 is 27.8 Å². The van der Waals surface area contributed by atoms with Gasteiger partial charge >= 0.3 is 23.9 Å². The fourth-order valence-corrected chi connectivity index (χ4v) is 18.4. The van der Waals surface area contributed by atoms with Crippen LogP contribution in [0.3, 0.4) is 0 Å². The summed E-state index contributed by atoms with van der Waals surface area (Å²) < 4.78 is 88.2. The maximum atomic E-state index is 14.0. The van der Waals surface area contributed by atoms with Crippen molar-refractivity contribution in [3.05, 3.63) is 12.2 Å². The molecule has 50 nitrogen and oxygen atoms in total. The van der Waals surface area contributed by atoms with E-state index >= 15 is 0 Å². The van der Waals surface area contributed by atoms with Crippen molar-refractivity contribution in [1.29, 1.82) is 0 Å². The number of hydrogen-bond acceptors (Lipinski definition) is 45. The van der Waals surface area contributed by atoms with Gasteiger partial charge in [0.1, 0.15) is 165 Å². The van der Waals surface area contributed by atoms with E-state index in [1.54, 1.807) is 6.08 Å². The number of esters is 1. The second-order valence-corrected chi connectivity index (χ2v) is 37.8. The number of ether oxygens (including phenoxy) is 15. The molecule has 7 rings (SSSR count). The first kappa shape index (κ1) is 123. The van der Waals surface area contributed by atoms with Gasteiger partial charge in [-0.25, -0.2) is 14.4 Å². The third kappa shape index (κ3) is 34.3. The quantitative estimate of drug-likeness (QED) is 0.0117. The number of nitrogens with two attached hydrogens (primary N) is 3. The number of carboxylic acids is 3. The first-order valence-electron chi connectivity index (χ1n) is 49.6. The molecule has 0 saturated carbocycles. The zero-order valence-electron chi connectivity index (χ0n) is 80.6. The van der Waals surface area contributed by atoms with Crippen molar-refractivity contribution < 1.29 is 222 Å². The van der Waals surface area contributed by atoms with Gasteiger partial charge in [0.15, 0.2) is 31.5 Å². The molecule has 50 heteroatoms. The molecule has 0 aliphatic carbocycles. The number of amides is 2. The highest BCUT2D eigenvalue weighted by molar-refractivity contribution is 5.78. The molecule has 7 fully saturated rings. The average molecular weight is 2050 g/mol. The van der Waals surface area contributed by atoms with Gasteiger partial charge in [0.2, 0.25) is 11.8 Å². The first-order valence-corrected chi connectivity index (χ1v) is 49.6. The van der Waals surface area contributed by atoms with Crippen molar-refractivity contribution in [2.24, 2.45) is 17.2 Å². The van der Waals surface area contributed by atoms with Crippen LogP contribution in [-0.2, 0) is 99.8 Å². The number of carbonyl (C=O) groups is 6. The highest BCUT2D eigenvalue weighted by Crippen LogP contribution is 2.44. The molecule has 0 radical (unpaired) electrons. The van der Waals surface area contributed by atoms with Crippen LogP contribution >= 0.6 is 0 Å². The fourth-order valence-electron chi connectivity index (χ4n) is 18.4. The number of aliphatic carboxylic acids is 3. The zero-order valence-corrected chi connectivity index (χ0v) is 80.6. The van der Waals surface area contributed by atoms with Gasteiger partial charge in [0.25, 0.3) is 17.4 Å². The lowest BCUT2D eigenvalue weighted by molar-refractivity contribution is -0.405. The summed E-state index contributed by atoms with van der Waals surface area (Å²) >= 11 is 0. The number of aliphatic hydroxyl groups excluding tert-OH is 21. The summed E-state index contributed by atoms with van der Waals surface area (Å²) in [6.45, 7) is -1.11. The molecule has 7 aliphatic heterocycles. The highest BCUT2D eigenvalue weighted by Gasteiger charge is 2.65. The van der Waals surface area contributed by atoms with Gasteiger partial charge in [-0.15, -0.1) is 0 Å². The number of hydrogen-bond donors (Lipinski definition) is 29. The van der Waals surface area contributed by atoms with Gasteiger partial charge in [0, 0.05) is 45.6 Å². The molecule has 0 aromatic heterocycles. The van der Waals surface area contributed by atoms with E-state index in [0.717, 1.165) is 77.6 Å². The molecular weight excluding hydrogens is 1880 g/mol. The first-order chi connectivity index (χ1) is 67.0. The van der Waals surface area contributed by atoms with Crippen LogP contribution in [0.4, 0.5) is 0 Å². The number of carboxylic acid groups (broad SMARTS) is 3. The number of rotatable bonds is 64. The van der Waals surface area contributed by atoms with Gasteiger partial charge < -0.3 is 221 Å². The third-order valence-electron chi connectivity index (χ3n) is 26.8. The van der Waals surface area contributed by atoms with Gasteiger partial charge in [-0.2, -0.15) is 0 Å². The van der Waals surface area contributed by atoms with E-state index < -0.39 is 338 Å². The monoisotopic (exact) mass is 2040 g/mol. The van der Waals surface area contributed by atoms with Crippen molar-refractivity contribution in [2.75, 3.05) is 46.2 Å². The molecule has 8 unspecified atom stereocenters. The summed E-state index contributed by atoms with van der Waals surface area (Å²) in [5, 5.41) is 279. The zero-order chi connectivity index (χ0) is 104. The standard InChI is InChI=1S/C91H161N5O45/c1-5-8-10-12-14-16-18-20-21-23-25-27-29-31-33-35-58(109)95-39-53(47(103)34-32-30-28-26-24-22-19-17-15-13-11-9-6-2)128-83-69(116)68(115)73(56(43-100)131-83)133-85-72(119)80(140-90(87(123)124)37-48(104)60(92)75(136-90)64(111)51(107)40-97)74(57(44-101)132-85)134-82-63(96-46(4)102)78(66(113)54(41-98)129-82)135-84-71(118)79(67(114)55(42-99)130-84)139-89(86(121)122)36-49(105)62(94)77(138-89)70(117)81(120)141-91(88(125)126)38-50(106)61(93)76(137-91)65(112)52(108)45-127-59(110)7-3/h32,34,47-57,60-85,97-101,103-108,111-120H,5-31,33,35-45,92-94H2,1-4H3,(H,95,109)(H,96,102)(H,121,122)(H,123,124)(H,125,126)/b34-32+/t47?,48-,49-,50-,51?,52?,53?,54-,55-,56+,57-,60+,61+,62+,63-,64?,65?,66+,67+,68+,69+,70?,71-,72-,73+,74+,75+,76+,77+,78-,79+,80-,81?,82+,83+,84-,85-,89+,90+,91+/m0/s1. The Hall–Kier alpha value is -4.96. The molecule has 0 aromatic rings. The Morgan fingerprint density at radius 2 is 0.823 bits per heavy atom. The molecule has 7 aliphatic rings. The molecule has 2 amide bonds. The van der Waals surface area contributed by atoms with Gasteiger partial charge in [-0.05, 0) is 19.3 Å². The van der Waals surface area contributed by atoms with Gasteiger partial charge in [0.05, 0.1) is 69.5 Å². The van der Waals surface area contributed by atoms with Gasteiger partial charge in [-0.3, -0.25) is 14.4 Å². The summed E-state index contributed by atoms with van der Waals surface area (Å²) in [5.41, 5.74) is 18.5. The molecular formula is C91H161N5O45. The largest absolute Gasteiger partial charge is 0.477 e. The van der Waals surface area contributed by atoms with E-state index in [2.05, 4.69) is 24.5 Å². The Balaban J connectivity index is 1.15. The summed E-state index contributed by atoms with van der Waals surface area (Å²) in [6, 6.07) is -7.88. The number of carbonyl (C=O) groups excluding carboxylic acids is 3. The minimum absolute atomic E-state index is 0.116. The molecule has 141 heavy (non-hydrogen) atoms. The molecule has 40 atom stereocenters. The van der Waals surface area contributed by atoms with Crippen LogP contribution in [-0.4, -0.2) is 448 Å². The van der Waals surface area contributed by atoms with Gasteiger partial charge in [-0.1, -0.05) is 187 Å². The van der Waals surface area contributed by atoms with Crippen LogP contribution in [0.25, 0.3) is 0 Å². The van der Waals surface area contributed by atoms with Crippen LogP contribution in [0.1, 0.15) is 233 Å². The molecule has 0 aromatic carbocycles. The summed E-state index contributed by atoms with van der Waals surface area (Å²) in [4.78, 5) is 79.7. The lowest BCUT2D eigenvalue weighted by Crippen LogP contribution is -2.72. The molecule has 0 bridgehead atoms. The van der Waals surface area contributed by atoms with E-state index in [4.69, 9.17) is 88.3 Å². The maximum absolute atomic E-state index is 14.0. The SMILES string of the molecule is CCCCCCCCCCCCC/C=C/C(O)C(CNC(=O)CCCCCCCCCCCCCCCCC)O[C@@H]1O[C@H](CO)[C@@H](O[C@@H]2O[C@@H](CO)[C@@H](O[C@H]3O[C@@H](CO)[C@@H](O)[C@@H](O[C@@H]4O[C@@H](CO)[C@@H](O)[C@@H](O[C@@]5(C(=O)O)C[C@H](O)[C@@H](N)[C@H](C(O)C(O)O[C@@]6(C(=O)O)C[C@H](O)[C@@H](N)[C@H](C(O)C(O)COC(=O)CC)O6)O5)[C@@H]4O)[C@@H]3NC(C)=O)[C@@H](O[C@@]3(C(=O)O)C[C@H](O)[C@@H](N)[C@H](C(O)C(O)CO)O3)[C@@H]2O)[C@H](O)[C@H]1O. The topological polar surface area (TPSA) is 829 Å². The van der Waals surface area contributed by atoms with Crippen LogP contribution in [0, 0.1) is 0 Å². The van der Waals surface area contributed by atoms with Crippen molar-refractivity contribution in [1.82, 2.24) is 10.6 Å². The molecule has 32 N–H and O–H groups in total. The minimum atomic E-state index is -3.56.